The third-order valence-electron chi connectivity index (χ3n) is 5.76. The summed E-state index contributed by atoms with van der Waals surface area (Å²) in [5, 5.41) is 13.2. The first-order valence-electron chi connectivity index (χ1n) is 12.2. The molecule has 3 aromatic rings. The summed E-state index contributed by atoms with van der Waals surface area (Å²) in [5.74, 6) is -0.308. The van der Waals surface area contributed by atoms with Crippen molar-refractivity contribution in [3.8, 4) is 0 Å². The van der Waals surface area contributed by atoms with Gasteiger partial charge >= 0.3 is 5.97 Å². The lowest BCUT2D eigenvalue weighted by molar-refractivity contribution is -0.145. The topological polar surface area (TPSA) is 61.8 Å². The molecule has 0 radical (unpaired) electrons. The Morgan fingerprint density at radius 1 is 0.886 bits per heavy atom. The predicted octanol–water partition coefficient (Wildman–Crippen LogP) is 4.89. The first-order chi connectivity index (χ1) is 17.2. The van der Waals surface area contributed by atoms with Crippen LogP contribution in [-0.4, -0.2) is 41.8 Å². The van der Waals surface area contributed by atoms with Gasteiger partial charge in [-0.25, -0.2) is 0 Å². The fraction of sp³-hybridized carbons (Fsp3) is 0.300. The zero-order valence-electron chi connectivity index (χ0n) is 20.4. The lowest BCUT2D eigenvalue weighted by Crippen LogP contribution is -2.41. The number of carbonyl (C=O) groups excluding carboxylic acids is 1. The molecule has 2 N–H and O–H groups in total. The summed E-state index contributed by atoms with van der Waals surface area (Å²) in [7, 11) is 0. The molecule has 0 saturated heterocycles. The number of hydrogen-bond acceptors (Lipinski definition) is 5. The van der Waals surface area contributed by atoms with Crippen molar-refractivity contribution in [2.75, 3.05) is 19.8 Å². The molecule has 35 heavy (non-hydrogen) atoms. The number of rotatable bonds is 14. The molecule has 2 atom stereocenters. The molecule has 0 spiro atoms. The van der Waals surface area contributed by atoms with E-state index >= 15 is 0 Å². The second kappa shape index (κ2) is 14.9. The molecule has 3 rings (SSSR count). The molecule has 0 aliphatic carbocycles. The highest BCUT2D eigenvalue weighted by Crippen LogP contribution is 2.15. The molecule has 0 heterocycles. The minimum absolute atomic E-state index is 0.106. The number of aliphatic hydroxyl groups excluding tert-OH is 1. The molecule has 0 aliphatic rings. The Kier molecular flexibility index (Phi) is 11.2. The van der Waals surface area contributed by atoms with Crippen LogP contribution in [-0.2, 0) is 22.6 Å². The van der Waals surface area contributed by atoms with Crippen molar-refractivity contribution in [2.45, 2.75) is 38.5 Å². The third kappa shape index (κ3) is 9.13. The number of carbonyl (C=O) groups is 1. The number of nitrogens with one attached hydrogen (secondary N) is 1. The van der Waals surface area contributed by atoms with Gasteiger partial charge < -0.3 is 9.84 Å². The average molecular weight is 474 g/mol. The van der Waals surface area contributed by atoms with Crippen LogP contribution in [0.1, 0.15) is 36.1 Å². The van der Waals surface area contributed by atoms with Crippen LogP contribution in [0.2, 0.25) is 0 Å². The highest BCUT2D eigenvalue weighted by atomic mass is 16.5. The van der Waals surface area contributed by atoms with Crippen molar-refractivity contribution in [2.24, 2.45) is 0 Å². The Morgan fingerprint density at radius 2 is 1.43 bits per heavy atom. The van der Waals surface area contributed by atoms with Gasteiger partial charge in [-0.2, -0.15) is 0 Å². The van der Waals surface area contributed by atoms with Gasteiger partial charge in [-0.05, 0) is 30.0 Å². The molecule has 0 amide bonds. The van der Waals surface area contributed by atoms with E-state index in [4.69, 9.17) is 4.74 Å². The number of aliphatic hydroxyl groups is 1. The first-order valence-corrected chi connectivity index (χ1v) is 12.2. The molecule has 5 nitrogen and oxygen atoms in total. The van der Waals surface area contributed by atoms with Crippen molar-refractivity contribution in [1.29, 1.82) is 0 Å². The summed E-state index contributed by atoms with van der Waals surface area (Å²) >= 11 is 0. The van der Waals surface area contributed by atoms with E-state index in [0.717, 1.165) is 25.2 Å². The smallest absolute Gasteiger partial charge is 0.323 e. The maximum Gasteiger partial charge on any atom is 0.323 e. The normalized spacial score (nSPS) is 13.1. The van der Waals surface area contributed by atoms with Crippen LogP contribution in [0.5, 0.6) is 0 Å². The van der Waals surface area contributed by atoms with Gasteiger partial charge in [-0.1, -0.05) is 103 Å². The van der Waals surface area contributed by atoms with E-state index in [-0.39, 0.29) is 18.6 Å². The maximum absolute atomic E-state index is 12.6. The van der Waals surface area contributed by atoms with E-state index in [9.17, 15) is 9.90 Å². The van der Waals surface area contributed by atoms with E-state index in [1.165, 1.54) is 11.1 Å². The number of ether oxygens (including phenoxy) is 1. The second-order valence-electron chi connectivity index (χ2n) is 8.47. The number of esters is 1. The standard InChI is InChI=1S/C30H36N2O3/c1-2-35-30(34)28(31-29(24-33)27-18-10-5-11-19-27)20-12-13-21-32(22-25-14-6-3-7-15-25)23-26-16-8-4-9-17-26/h3-19,28-29,31,33H,2,20-24H2,1H3/b13-12+/t28-,29+/m0/s1/i12+1. The Labute approximate surface area is 209 Å². The molecule has 184 valence electrons. The van der Waals surface area contributed by atoms with Crippen LogP contribution in [0.3, 0.4) is 0 Å². The SMILES string of the molecule is CCOC(=O)[C@H](C/[13CH]=C/CN(Cc1ccccc1)Cc1ccccc1)N[C@H](CO)c1ccccc1. The minimum atomic E-state index is -0.541. The summed E-state index contributed by atoms with van der Waals surface area (Å²) in [6.07, 6.45) is 4.61. The first kappa shape index (κ1) is 26.4. The lowest BCUT2D eigenvalue weighted by Gasteiger charge is -2.23. The van der Waals surface area contributed by atoms with Crippen LogP contribution in [0.15, 0.2) is 103 Å². The highest BCUT2D eigenvalue weighted by Gasteiger charge is 2.23. The zero-order valence-corrected chi connectivity index (χ0v) is 20.4. The third-order valence-corrected chi connectivity index (χ3v) is 5.76. The Hall–Kier alpha value is -3.25. The predicted molar refractivity (Wildman–Crippen MR) is 141 cm³/mol. The van der Waals surface area contributed by atoms with Crippen molar-refractivity contribution >= 4 is 5.97 Å². The molecule has 5 heteroatoms. The van der Waals surface area contributed by atoms with Gasteiger partial charge in [-0.15, -0.1) is 0 Å². The van der Waals surface area contributed by atoms with Gasteiger partial charge in [0.25, 0.3) is 0 Å². The minimum Gasteiger partial charge on any atom is -0.465 e. The molecule has 3 aromatic carbocycles. The van der Waals surface area contributed by atoms with Crippen molar-refractivity contribution in [3.05, 3.63) is 120 Å². The van der Waals surface area contributed by atoms with Crippen molar-refractivity contribution in [1.82, 2.24) is 10.2 Å². The quantitative estimate of drug-likeness (QED) is 0.198. The molecule has 0 unspecified atom stereocenters. The number of benzene rings is 3. The van der Waals surface area contributed by atoms with Gasteiger partial charge in [0.2, 0.25) is 0 Å². The largest absolute Gasteiger partial charge is 0.465 e. The monoisotopic (exact) mass is 473 g/mol. The Bertz CT molecular complexity index is 968. The van der Waals surface area contributed by atoms with E-state index in [1.54, 1.807) is 6.92 Å². The zero-order chi connectivity index (χ0) is 24.7. The molecule has 0 fully saturated rings. The Balaban J connectivity index is 1.65. The van der Waals surface area contributed by atoms with Crippen LogP contribution < -0.4 is 5.32 Å². The van der Waals surface area contributed by atoms with Crippen LogP contribution in [0, 0.1) is 0 Å². The van der Waals surface area contributed by atoms with Crippen LogP contribution >= 0.6 is 0 Å². The van der Waals surface area contributed by atoms with Gasteiger partial charge in [0.15, 0.2) is 0 Å². The molecular weight excluding hydrogens is 437 g/mol. The fourth-order valence-corrected chi connectivity index (χ4v) is 3.98. The summed E-state index contributed by atoms with van der Waals surface area (Å²) in [6, 6.07) is 29.6. The molecule has 0 aliphatic heterocycles. The van der Waals surface area contributed by atoms with Gasteiger partial charge in [0.05, 0.1) is 19.3 Å². The summed E-state index contributed by atoms with van der Waals surface area (Å²) in [4.78, 5) is 15.0. The van der Waals surface area contributed by atoms with E-state index < -0.39 is 6.04 Å². The summed E-state index contributed by atoms with van der Waals surface area (Å²) in [6.45, 7) is 4.43. The highest BCUT2D eigenvalue weighted by molar-refractivity contribution is 5.76. The van der Waals surface area contributed by atoms with Gasteiger partial charge in [-0.3, -0.25) is 15.0 Å². The van der Waals surface area contributed by atoms with Crippen LogP contribution in [0.25, 0.3) is 0 Å². The molecule has 0 bridgehead atoms. The van der Waals surface area contributed by atoms with Gasteiger partial charge in [0.1, 0.15) is 6.04 Å². The molecule has 0 saturated carbocycles. The molecular formula is C30H36N2O3. The van der Waals surface area contributed by atoms with E-state index in [0.29, 0.717) is 13.0 Å². The van der Waals surface area contributed by atoms with Crippen LogP contribution in [0.4, 0.5) is 0 Å². The van der Waals surface area contributed by atoms with Gasteiger partial charge in [0, 0.05) is 19.6 Å². The fourth-order valence-electron chi connectivity index (χ4n) is 3.98. The van der Waals surface area contributed by atoms with Crippen molar-refractivity contribution < 1.29 is 14.6 Å². The van der Waals surface area contributed by atoms with E-state index in [1.807, 2.05) is 48.5 Å². The summed E-state index contributed by atoms with van der Waals surface area (Å²) in [5.41, 5.74) is 3.46. The second-order valence-corrected chi connectivity index (χ2v) is 8.47. The van der Waals surface area contributed by atoms with Crippen molar-refractivity contribution in [3.63, 3.8) is 0 Å². The van der Waals surface area contributed by atoms with E-state index in [2.05, 4.69) is 64.8 Å². The maximum atomic E-state index is 12.6. The Morgan fingerprint density at radius 3 is 1.94 bits per heavy atom. The lowest BCUT2D eigenvalue weighted by atomic mass is 10.1. The summed E-state index contributed by atoms with van der Waals surface area (Å²) < 4.78 is 5.29. The molecule has 0 aromatic heterocycles. The number of nitrogens with zero attached hydrogens (tertiary/aromatic N) is 1. The average Bonchev–Trinajstić information content (AvgIpc) is 2.90. The number of hydrogen-bond donors (Lipinski definition) is 2.